The smallest absolute Gasteiger partial charge is 0.265 e. The summed E-state index contributed by atoms with van der Waals surface area (Å²) in [4.78, 5) is 31.9. The SMILES string of the molecule is CC(C)c1ccccc1C1CCC[C@@H]1N1CC2(CCN(c3ccc(C(=O)NSc4cc([NH+](C)[O-])c(NC[C@H]5CC[C@](C)(O)CC5)c5ncsc45)c(Oc4cc5c(F)c[nH]c5nc4Cl)c3)CC2)C1. The maximum absolute atomic E-state index is 14.8. The number of ether oxygens (including phenoxy) is 1. The molecule has 1 amide bonds. The highest BCUT2D eigenvalue weighted by molar-refractivity contribution is 7.98. The zero-order chi connectivity index (χ0) is 46.6. The molecule has 4 fully saturated rings. The Morgan fingerprint density at radius 3 is 2.63 bits per heavy atom. The first kappa shape index (κ1) is 46.3. The first-order valence-electron chi connectivity index (χ1n) is 23.8. The van der Waals surface area contributed by atoms with E-state index < -0.39 is 17.3 Å². The molecule has 2 aliphatic heterocycles. The molecular formula is C51H60ClFN8O4S2. The van der Waals surface area contributed by atoms with Gasteiger partial charge in [0.15, 0.2) is 16.6 Å². The summed E-state index contributed by atoms with van der Waals surface area (Å²) in [7, 11) is 1.54. The fourth-order valence-electron chi connectivity index (χ4n) is 11.3. The van der Waals surface area contributed by atoms with Crippen LogP contribution in [0.15, 0.2) is 71.2 Å². The third kappa shape index (κ3) is 9.37. The number of thiazole rings is 1. The molecule has 2 unspecified atom stereocenters. The van der Waals surface area contributed by atoms with E-state index in [0.29, 0.717) is 63.2 Å². The number of hydroxylamine groups is 1. The van der Waals surface area contributed by atoms with Crippen LogP contribution in [-0.2, 0) is 0 Å². The Labute approximate surface area is 404 Å². The quantitative estimate of drug-likeness (QED) is 0.0431. The molecule has 2 saturated heterocycles. The number of halogens is 2. The third-order valence-electron chi connectivity index (χ3n) is 15.2. The number of aromatic amines is 1. The van der Waals surface area contributed by atoms with E-state index in [9.17, 15) is 19.5 Å². The number of carbonyl (C=O) groups is 1. The van der Waals surface area contributed by atoms with E-state index in [1.165, 1.54) is 55.5 Å². The second-order valence-electron chi connectivity index (χ2n) is 20.1. The molecule has 354 valence electrons. The average molecular weight is 968 g/mol. The number of nitrogens with zero attached hydrogens (tertiary/aromatic N) is 4. The van der Waals surface area contributed by atoms with Gasteiger partial charge in [-0.1, -0.05) is 56.1 Å². The number of anilines is 2. The lowest BCUT2D eigenvalue weighted by Crippen LogP contribution is -2.98. The number of benzene rings is 3. The third-order valence-corrected chi connectivity index (χ3v) is 17.2. The monoisotopic (exact) mass is 966 g/mol. The van der Waals surface area contributed by atoms with Gasteiger partial charge < -0.3 is 35.3 Å². The number of quaternary nitrogens is 1. The first-order valence-corrected chi connectivity index (χ1v) is 25.9. The topological polar surface area (TPSA) is 146 Å². The van der Waals surface area contributed by atoms with Crippen molar-refractivity contribution in [3.05, 3.63) is 99.2 Å². The van der Waals surface area contributed by atoms with E-state index >= 15 is 0 Å². The molecule has 0 radical (unpaired) electrons. The van der Waals surface area contributed by atoms with Gasteiger partial charge in [-0.25, -0.2) is 14.4 Å². The second-order valence-corrected chi connectivity index (χ2v) is 22.2. The normalized spacial score (nSPS) is 23.5. The first-order chi connectivity index (χ1) is 32.2. The van der Waals surface area contributed by atoms with Gasteiger partial charge in [0.05, 0.1) is 38.7 Å². The Morgan fingerprint density at radius 2 is 1.87 bits per heavy atom. The molecule has 67 heavy (non-hydrogen) atoms. The summed E-state index contributed by atoms with van der Waals surface area (Å²) in [5, 5.41) is 27.3. The minimum absolute atomic E-state index is 0.0283. The minimum Gasteiger partial charge on any atom is -0.629 e. The molecule has 0 bridgehead atoms. The van der Waals surface area contributed by atoms with Crippen LogP contribution in [0.1, 0.15) is 112 Å². The van der Waals surface area contributed by atoms with E-state index in [2.05, 4.69) is 72.9 Å². The van der Waals surface area contributed by atoms with Crippen LogP contribution in [0.4, 0.5) is 21.5 Å². The molecule has 10 rings (SSSR count). The zero-order valence-corrected chi connectivity index (χ0v) is 41.0. The van der Waals surface area contributed by atoms with Crippen LogP contribution >= 0.6 is 34.9 Å². The van der Waals surface area contributed by atoms with E-state index in [1.54, 1.807) is 17.1 Å². The largest absolute Gasteiger partial charge is 0.629 e. The van der Waals surface area contributed by atoms with Crippen LogP contribution in [0.2, 0.25) is 5.15 Å². The summed E-state index contributed by atoms with van der Waals surface area (Å²) >= 11 is 9.19. The number of pyridine rings is 1. The maximum Gasteiger partial charge on any atom is 0.265 e. The molecule has 3 aromatic heterocycles. The van der Waals surface area contributed by atoms with Crippen molar-refractivity contribution >= 4 is 79.1 Å². The highest BCUT2D eigenvalue weighted by Gasteiger charge is 2.49. The van der Waals surface area contributed by atoms with Crippen molar-refractivity contribution in [2.24, 2.45) is 11.3 Å². The van der Waals surface area contributed by atoms with Crippen molar-refractivity contribution < 1.29 is 24.1 Å². The summed E-state index contributed by atoms with van der Waals surface area (Å²) in [5.74, 6) is 0.947. The summed E-state index contributed by atoms with van der Waals surface area (Å²) in [6.45, 7) is 11.2. The minimum atomic E-state index is -0.626. The number of H-pyrrole nitrogens is 1. The average Bonchev–Trinajstić information content (AvgIpc) is 4.08. The number of rotatable bonds is 13. The van der Waals surface area contributed by atoms with Gasteiger partial charge in [0.1, 0.15) is 28.4 Å². The fraction of sp³-hybridized carbons (Fsp3) is 0.471. The molecule has 6 aromatic rings. The number of fused-ring (bicyclic) bond motifs is 2. The van der Waals surface area contributed by atoms with Crippen LogP contribution in [0.3, 0.4) is 0 Å². The number of likely N-dealkylation sites (tertiary alicyclic amines) is 1. The van der Waals surface area contributed by atoms with Crippen molar-refractivity contribution in [2.75, 3.05) is 50.0 Å². The molecule has 3 aromatic carbocycles. The van der Waals surface area contributed by atoms with Crippen molar-refractivity contribution in [1.29, 1.82) is 0 Å². The fourth-order valence-corrected chi connectivity index (χ4v) is 13.1. The Balaban J connectivity index is 0.859. The van der Waals surface area contributed by atoms with Gasteiger partial charge >= 0.3 is 0 Å². The number of nitrogens with one attached hydrogen (secondary N) is 4. The highest BCUT2D eigenvalue weighted by Crippen LogP contribution is 2.49. The lowest BCUT2D eigenvalue weighted by molar-refractivity contribution is -0.750. The number of aromatic nitrogens is 3. The van der Waals surface area contributed by atoms with Crippen molar-refractivity contribution in [2.45, 2.75) is 107 Å². The predicted octanol–water partition coefficient (Wildman–Crippen LogP) is 10.6. The van der Waals surface area contributed by atoms with Gasteiger partial charge in [0, 0.05) is 62.8 Å². The van der Waals surface area contributed by atoms with Crippen molar-refractivity contribution in [3.63, 3.8) is 0 Å². The van der Waals surface area contributed by atoms with Gasteiger partial charge in [0.25, 0.3) is 5.91 Å². The summed E-state index contributed by atoms with van der Waals surface area (Å²) < 4.78 is 25.1. The van der Waals surface area contributed by atoms with Crippen molar-refractivity contribution in [3.8, 4) is 11.5 Å². The number of carbonyl (C=O) groups excluding carboxylic acids is 1. The molecule has 3 atom stereocenters. The highest BCUT2D eigenvalue weighted by atomic mass is 35.5. The van der Waals surface area contributed by atoms with Crippen LogP contribution in [-0.4, -0.2) is 82.3 Å². The van der Waals surface area contributed by atoms with E-state index in [1.807, 2.05) is 25.1 Å². The standard InChI is InChI=1S/C51H60ClFN8O4S2/c1-30(2)33-8-5-6-9-34(33)35-10-7-11-39(35)61-27-51(28-61)18-20-60(21-19-51)32-12-13-36(41(22-32)65-42-23-37-38(53)26-55-48(37)57-47(42)52)49(62)58-67-43-24-40(59(4)64)44(45-46(43)66-29-56-45)54-25-31-14-16-50(3,63)17-15-31/h5-6,8-9,12-13,22-24,26,29-31,35,39,54,59,63H,7,10-11,14-21,25,27-28H2,1-4H3,(H,55,57)(H,58,62)/t31-,35?,39-,50-/m0/s1. The van der Waals surface area contributed by atoms with E-state index in [0.717, 1.165) is 87.0 Å². The number of aliphatic hydroxyl groups is 1. The Hall–Kier alpha value is -4.48. The van der Waals surface area contributed by atoms with E-state index in [-0.39, 0.29) is 32.7 Å². The van der Waals surface area contributed by atoms with Gasteiger partial charge in [-0.05, 0) is 123 Å². The molecule has 2 saturated carbocycles. The van der Waals surface area contributed by atoms with Crippen LogP contribution in [0.5, 0.6) is 11.5 Å². The van der Waals surface area contributed by atoms with Crippen LogP contribution < -0.4 is 24.7 Å². The molecule has 16 heteroatoms. The van der Waals surface area contributed by atoms with Gasteiger partial charge in [-0.3, -0.25) is 14.4 Å². The number of hydrogen-bond donors (Lipinski definition) is 5. The Morgan fingerprint density at radius 1 is 1.09 bits per heavy atom. The molecule has 5 N–H and O–H groups in total. The summed E-state index contributed by atoms with van der Waals surface area (Å²) in [6, 6.07) is 18.6. The van der Waals surface area contributed by atoms with E-state index in [4.69, 9.17) is 16.3 Å². The Kier molecular flexibility index (Phi) is 13.0. The lowest BCUT2D eigenvalue weighted by atomic mass is 9.70. The molecular weight excluding hydrogens is 907 g/mol. The number of amides is 1. The van der Waals surface area contributed by atoms with Crippen LogP contribution in [0, 0.1) is 22.4 Å². The molecule has 12 nitrogen and oxygen atoms in total. The Bertz CT molecular complexity index is 2770. The maximum atomic E-state index is 14.8. The zero-order valence-electron chi connectivity index (χ0n) is 38.6. The van der Waals surface area contributed by atoms with Gasteiger partial charge in [0.2, 0.25) is 0 Å². The van der Waals surface area contributed by atoms with Crippen molar-refractivity contribution in [1.82, 2.24) is 24.6 Å². The number of piperidine rings is 1. The predicted molar refractivity (Wildman–Crippen MR) is 268 cm³/mol. The molecule has 2 aliphatic carbocycles. The molecule has 1 spiro atoms. The summed E-state index contributed by atoms with van der Waals surface area (Å²) in [5.41, 5.74) is 7.78. The number of hydrogen-bond acceptors (Lipinski definition) is 11. The second kappa shape index (κ2) is 18.8. The lowest BCUT2D eigenvalue weighted by Gasteiger charge is -2.57. The molecule has 5 heterocycles. The van der Waals surface area contributed by atoms with Crippen LogP contribution in [0.25, 0.3) is 21.3 Å². The van der Waals surface area contributed by atoms with Gasteiger partial charge in [-0.15, -0.1) is 11.3 Å². The molecule has 4 aliphatic rings. The van der Waals surface area contributed by atoms with Gasteiger partial charge in [-0.2, -0.15) is 0 Å². The summed E-state index contributed by atoms with van der Waals surface area (Å²) in [6.07, 6.45) is 10.5.